The standard InChI is InChI=1S/C14H24N2O4/c1-19-10-6-13(17)16-7-4-11(5-8-16)15-14(18)12-3-2-9-20-12/h11-12H,2-10H2,1H3,(H,15,18). The van der Waals surface area contributed by atoms with Crippen molar-refractivity contribution >= 4 is 11.8 Å². The lowest BCUT2D eigenvalue weighted by Gasteiger charge is -2.32. The average molecular weight is 284 g/mol. The highest BCUT2D eigenvalue weighted by molar-refractivity contribution is 5.81. The van der Waals surface area contributed by atoms with Crippen LogP contribution in [-0.2, 0) is 19.1 Å². The van der Waals surface area contributed by atoms with Crippen molar-refractivity contribution in [2.45, 2.75) is 44.2 Å². The van der Waals surface area contributed by atoms with Crippen molar-refractivity contribution in [3.05, 3.63) is 0 Å². The Kier molecular flexibility index (Phi) is 5.79. The molecule has 0 saturated carbocycles. The Morgan fingerprint density at radius 3 is 2.65 bits per heavy atom. The number of hydrogen-bond acceptors (Lipinski definition) is 4. The van der Waals surface area contributed by atoms with E-state index in [1.807, 2.05) is 4.90 Å². The maximum Gasteiger partial charge on any atom is 0.249 e. The molecule has 0 aromatic rings. The van der Waals surface area contributed by atoms with E-state index >= 15 is 0 Å². The van der Waals surface area contributed by atoms with Crippen LogP contribution in [0, 0.1) is 0 Å². The van der Waals surface area contributed by atoms with Crippen LogP contribution >= 0.6 is 0 Å². The summed E-state index contributed by atoms with van der Waals surface area (Å²) in [5, 5.41) is 3.04. The zero-order chi connectivity index (χ0) is 14.4. The first-order valence-corrected chi connectivity index (χ1v) is 7.39. The number of rotatable bonds is 5. The van der Waals surface area contributed by atoms with E-state index in [-0.39, 0.29) is 24.0 Å². The monoisotopic (exact) mass is 284 g/mol. The number of methoxy groups -OCH3 is 1. The van der Waals surface area contributed by atoms with Crippen molar-refractivity contribution in [1.29, 1.82) is 0 Å². The quantitative estimate of drug-likeness (QED) is 0.789. The molecular weight excluding hydrogens is 260 g/mol. The van der Waals surface area contributed by atoms with Gasteiger partial charge in [-0.1, -0.05) is 0 Å². The number of nitrogens with one attached hydrogen (secondary N) is 1. The molecule has 2 saturated heterocycles. The SMILES string of the molecule is COCCC(=O)N1CCC(NC(=O)C2CCCO2)CC1. The largest absolute Gasteiger partial charge is 0.384 e. The molecule has 2 fully saturated rings. The molecule has 2 aliphatic rings. The van der Waals surface area contributed by atoms with Gasteiger partial charge < -0.3 is 19.7 Å². The van der Waals surface area contributed by atoms with E-state index < -0.39 is 0 Å². The Balaban J connectivity index is 1.68. The first-order valence-electron chi connectivity index (χ1n) is 7.39. The minimum atomic E-state index is -0.267. The fraction of sp³-hybridized carbons (Fsp3) is 0.857. The highest BCUT2D eigenvalue weighted by Crippen LogP contribution is 2.15. The number of hydrogen-bond donors (Lipinski definition) is 1. The second-order valence-electron chi connectivity index (χ2n) is 5.41. The number of ether oxygens (including phenoxy) is 2. The lowest BCUT2D eigenvalue weighted by molar-refractivity contribution is -0.134. The molecule has 1 unspecified atom stereocenters. The summed E-state index contributed by atoms with van der Waals surface area (Å²) in [6.45, 7) is 2.57. The van der Waals surface area contributed by atoms with Crippen LogP contribution in [0.5, 0.6) is 0 Å². The Hall–Kier alpha value is -1.14. The van der Waals surface area contributed by atoms with Crippen LogP contribution in [0.3, 0.4) is 0 Å². The normalized spacial score (nSPS) is 23.9. The molecule has 0 aliphatic carbocycles. The van der Waals surface area contributed by atoms with Gasteiger partial charge in [0, 0.05) is 32.8 Å². The molecule has 0 aromatic carbocycles. The summed E-state index contributed by atoms with van der Waals surface area (Å²) in [5.74, 6) is 0.141. The highest BCUT2D eigenvalue weighted by Gasteiger charge is 2.28. The zero-order valence-corrected chi connectivity index (χ0v) is 12.1. The number of amides is 2. The van der Waals surface area contributed by atoms with E-state index in [0.29, 0.717) is 32.7 Å². The van der Waals surface area contributed by atoms with Crippen molar-refractivity contribution in [1.82, 2.24) is 10.2 Å². The van der Waals surface area contributed by atoms with Gasteiger partial charge in [-0.15, -0.1) is 0 Å². The van der Waals surface area contributed by atoms with Crippen molar-refractivity contribution in [2.24, 2.45) is 0 Å². The summed E-state index contributed by atoms with van der Waals surface area (Å²) < 4.78 is 10.3. The van der Waals surface area contributed by atoms with Crippen molar-refractivity contribution in [3.8, 4) is 0 Å². The summed E-state index contributed by atoms with van der Waals surface area (Å²) >= 11 is 0. The minimum Gasteiger partial charge on any atom is -0.384 e. The first kappa shape index (κ1) is 15.3. The van der Waals surface area contributed by atoms with Gasteiger partial charge in [0.1, 0.15) is 6.10 Å². The number of carbonyl (C=O) groups is 2. The molecule has 6 heteroatoms. The van der Waals surface area contributed by atoms with Gasteiger partial charge in [0.2, 0.25) is 11.8 Å². The predicted octanol–water partition coefficient (Wildman–Crippen LogP) is 0.309. The van der Waals surface area contributed by atoms with E-state index in [4.69, 9.17) is 9.47 Å². The summed E-state index contributed by atoms with van der Waals surface area (Å²) in [5.41, 5.74) is 0. The summed E-state index contributed by atoms with van der Waals surface area (Å²) in [6, 6.07) is 0.165. The maximum absolute atomic E-state index is 11.9. The summed E-state index contributed by atoms with van der Waals surface area (Å²) in [6.07, 6.45) is 3.58. The third-order valence-electron chi connectivity index (χ3n) is 3.94. The molecule has 2 heterocycles. The van der Waals surface area contributed by atoms with Crippen molar-refractivity contribution in [3.63, 3.8) is 0 Å². The van der Waals surface area contributed by atoms with Crippen molar-refractivity contribution < 1.29 is 19.1 Å². The van der Waals surface area contributed by atoms with E-state index in [1.165, 1.54) is 0 Å². The predicted molar refractivity (Wildman–Crippen MR) is 73.2 cm³/mol. The van der Waals surface area contributed by atoms with Gasteiger partial charge in [-0.05, 0) is 25.7 Å². The highest BCUT2D eigenvalue weighted by atomic mass is 16.5. The van der Waals surface area contributed by atoms with E-state index in [0.717, 1.165) is 25.7 Å². The third kappa shape index (κ3) is 4.18. The molecule has 0 radical (unpaired) electrons. The third-order valence-corrected chi connectivity index (χ3v) is 3.94. The average Bonchev–Trinajstić information content (AvgIpc) is 3.00. The van der Waals surface area contributed by atoms with Gasteiger partial charge in [0.15, 0.2) is 0 Å². The van der Waals surface area contributed by atoms with Gasteiger partial charge in [0.25, 0.3) is 0 Å². The smallest absolute Gasteiger partial charge is 0.249 e. The van der Waals surface area contributed by atoms with Crippen LogP contribution in [0.25, 0.3) is 0 Å². The topological polar surface area (TPSA) is 67.9 Å². The molecule has 114 valence electrons. The van der Waals surface area contributed by atoms with Gasteiger partial charge in [-0.3, -0.25) is 9.59 Å². The molecule has 0 aromatic heterocycles. The van der Waals surface area contributed by atoms with Gasteiger partial charge >= 0.3 is 0 Å². The van der Waals surface area contributed by atoms with Gasteiger partial charge in [0.05, 0.1) is 13.0 Å². The Labute approximate surface area is 119 Å². The lowest BCUT2D eigenvalue weighted by atomic mass is 10.0. The minimum absolute atomic E-state index is 0.00617. The van der Waals surface area contributed by atoms with Crippen LogP contribution in [0.1, 0.15) is 32.1 Å². The summed E-state index contributed by atoms with van der Waals surface area (Å²) in [4.78, 5) is 25.6. The molecule has 2 amide bonds. The van der Waals surface area contributed by atoms with E-state index in [2.05, 4.69) is 5.32 Å². The van der Waals surface area contributed by atoms with Gasteiger partial charge in [-0.2, -0.15) is 0 Å². The number of nitrogens with zero attached hydrogens (tertiary/aromatic N) is 1. The molecular formula is C14H24N2O4. The van der Waals surface area contributed by atoms with E-state index in [1.54, 1.807) is 7.11 Å². The van der Waals surface area contributed by atoms with Gasteiger partial charge in [-0.25, -0.2) is 0 Å². The number of piperidine rings is 1. The Bertz CT molecular complexity index is 334. The van der Waals surface area contributed by atoms with Crippen LogP contribution in [0.2, 0.25) is 0 Å². The molecule has 1 atom stereocenters. The molecule has 1 N–H and O–H groups in total. The maximum atomic E-state index is 11.9. The molecule has 2 rings (SSSR count). The first-order chi connectivity index (χ1) is 9.70. The Morgan fingerprint density at radius 2 is 2.05 bits per heavy atom. The Morgan fingerprint density at radius 1 is 1.30 bits per heavy atom. The molecule has 0 bridgehead atoms. The second-order valence-corrected chi connectivity index (χ2v) is 5.41. The molecule has 20 heavy (non-hydrogen) atoms. The molecule has 0 spiro atoms. The molecule has 2 aliphatic heterocycles. The van der Waals surface area contributed by atoms with Crippen LogP contribution < -0.4 is 5.32 Å². The van der Waals surface area contributed by atoms with E-state index in [9.17, 15) is 9.59 Å². The molecule has 6 nitrogen and oxygen atoms in total. The second kappa shape index (κ2) is 7.59. The van der Waals surface area contributed by atoms with Crippen LogP contribution in [-0.4, -0.2) is 62.3 Å². The summed E-state index contributed by atoms with van der Waals surface area (Å²) in [7, 11) is 1.60. The van der Waals surface area contributed by atoms with Crippen LogP contribution in [0.4, 0.5) is 0 Å². The zero-order valence-electron chi connectivity index (χ0n) is 12.1. The van der Waals surface area contributed by atoms with Crippen molar-refractivity contribution in [2.75, 3.05) is 33.4 Å². The lowest BCUT2D eigenvalue weighted by Crippen LogP contribution is -2.48. The number of carbonyl (C=O) groups excluding carboxylic acids is 2. The fourth-order valence-corrected chi connectivity index (χ4v) is 2.70. The van der Waals surface area contributed by atoms with Crippen LogP contribution in [0.15, 0.2) is 0 Å². The fourth-order valence-electron chi connectivity index (χ4n) is 2.70. The number of likely N-dealkylation sites (tertiary alicyclic amines) is 1.